The number of para-hydroxylation sites is 1. The second-order valence-corrected chi connectivity index (χ2v) is 1.73. The van der Waals surface area contributed by atoms with Crippen LogP contribution < -0.4 is 5.32 Å². The van der Waals surface area contributed by atoms with E-state index in [1.807, 2.05) is 0 Å². The van der Waals surface area contributed by atoms with Crippen LogP contribution in [-0.4, -0.2) is 7.05 Å². The Morgan fingerprint density at radius 2 is 1.90 bits per heavy atom. The number of nitrogens with one attached hydrogen (secondary N) is 1. The van der Waals surface area contributed by atoms with Gasteiger partial charge in [-0.25, -0.2) is 4.39 Å². The largest absolute Gasteiger partial charge is 0.386 e. The van der Waals surface area contributed by atoms with E-state index in [9.17, 15) is 4.39 Å². The maximum atomic E-state index is 12.5. The molecule has 0 bridgehead atoms. The minimum atomic E-state index is -0.208. The van der Waals surface area contributed by atoms with E-state index in [-0.39, 0.29) is 13.2 Å². The number of rotatable bonds is 1. The van der Waals surface area contributed by atoms with E-state index in [1.54, 1.807) is 25.2 Å². The lowest BCUT2D eigenvalue weighted by molar-refractivity contribution is 0.631. The van der Waals surface area contributed by atoms with E-state index >= 15 is 0 Å². The van der Waals surface area contributed by atoms with Gasteiger partial charge in [0, 0.05) is 7.05 Å². The molecule has 0 heterocycles. The van der Waals surface area contributed by atoms with Gasteiger partial charge in [-0.1, -0.05) is 19.6 Å². The molecule has 0 aliphatic heterocycles. The molecular weight excluding hydrogens is 129 g/mol. The van der Waals surface area contributed by atoms with Gasteiger partial charge >= 0.3 is 0 Å². The van der Waals surface area contributed by atoms with Crippen LogP contribution in [0, 0.1) is 5.82 Å². The molecule has 0 aromatic heterocycles. The molecule has 0 unspecified atom stereocenters. The molecule has 0 spiro atoms. The summed E-state index contributed by atoms with van der Waals surface area (Å²) >= 11 is 0. The van der Waals surface area contributed by atoms with Crippen LogP contribution >= 0.6 is 0 Å². The van der Waals surface area contributed by atoms with Crippen LogP contribution in [0.3, 0.4) is 0 Å². The van der Waals surface area contributed by atoms with Crippen molar-refractivity contribution in [1.29, 1.82) is 0 Å². The van der Waals surface area contributed by atoms with Crippen molar-refractivity contribution in [3.8, 4) is 0 Å². The first-order valence-electron chi connectivity index (χ1n) is 2.77. The van der Waals surface area contributed by atoms with Crippen LogP contribution in [0.15, 0.2) is 24.3 Å². The zero-order valence-electron chi connectivity index (χ0n) is 5.19. The van der Waals surface area contributed by atoms with Crippen LogP contribution in [0.2, 0.25) is 0 Å². The molecule has 0 aliphatic rings. The Morgan fingerprint density at radius 1 is 1.30 bits per heavy atom. The Balaban J connectivity index is 0.000000810. The van der Waals surface area contributed by atoms with E-state index in [0.717, 1.165) is 0 Å². The van der Waals surface area contributed by atoms with Crippen LogP contribution in [-0.2, 0) is 0 Å². The van der Waals surface area contributed by atoms with Crippen molar-refractivity contribution in [1.82, 2.24) is 0 Å². The van der Waals surface area contributed by atoms with Gasteiger partial charge < -0.3 is 5.32 Å². The Morgan fingerprint density at radius 3 is 2.30 bits per heavy atom. The first-order valence-corrected chi connectivity index (χ1v) is 2.77. The number of halogens is 1. The highest BCUT2D eigenvalue weighted by Crippen LogP contribution is 2.10. The Kier molecular flexibility index (Phi) is 3.47. The maximum absolute atomic E-state index is 12.5. The lowest BCUT2D eigenvalue weighted by Gasteiger charge is -1.97. The molecular formula is C8H12FN. The smallest absolute Gasteiger partial charge is 0.146 e. The summed E-state index contributed by atoms with van der Waals surface area (Å²) < 4.78 is 12.5. The first kappa shape index (κ1) is 8.95. The molecule has 1 rings (SSSR count). The van der Waals surface area contributed by atoms with E-state index in [0.29, 0.717) is 5.69 Å². The van der Waals surface area contributed by atoms with Gasteiger partial charge in [0.25, 0.3) is 0 Å². The summed E-state index contributed by atoms with van der Waals surface area (Å²) in [5.74, 6) is -0.208. The summed E-state index contributed by atoms with van der Waals surface area (Å²) in [6.45, 7) is 0. The lowest BCUT2D eigenvalue weighted by atomic mass is 10.3. The minimum Gasteiger partial charge on any atom is -0.386 e. The molecule has 56 valence electrons. The van der Waals surface area contributed by atoms with Crippen molar-refractivity contribution in [2.75, 3.05) is 12.4 Å². The summed E-state index contributed by atoms with van der Waals surface area (Å²) in [6.07, 6.45) is 0. The molecule has 1 nitrogen and oxygen atoms in total. The highest BCUT2D eigenvalue weighted by molar-refractivity contribution is 5.43. The molecule has 1 aromatic rings. The quantitative estimate of drug-likeness (QED) is 0.633. The Bertz CT molecular complexity index is 198. The van der Waals surface area contributed by atoms with Gasteiger partial charge in [0.2, 0.25) is 0 Å². The standard InChI is InChI=1S/C7H8FN.CH4/c1-9-7-5-3-2-4-6(7)8;/h2-5,9H,1H3;1H4. The third-order valence-corrected chi connectivity index (χ3v) is 1.14. The predicted octanol–water partition coefficient (Wildman–Crippen LogP) is 2.50. The zero-order chi connectivity index (χ0) is 6.69. The molecule has 10 heavy (non-hydrogen) atoms. The molecule has 0 radical (unpaired) electrons. The van der Waals surface area contributed by atoms with E-state index in [4.69, 9.17) is 0 Å². The monoisotopic (exact) mass is 141 g/mol. The highest BCUT2D eigenvalue weighted by atomic mass is 19.1. The van der Waals surface area contributed by atoms with Gasteiger partial charge in [0.05, 0.1) is 5.69 Å². The van der Waals surface area contributed by atoms with Crippen molar-refractivity contribution >= 4 is 5.69 Å². The number of anilines is 1. The van der Waals surface area contributed by atoms with Gasteiger partial charge in [0.15, 0.2) is 0 Å². The van der Waals surface area contributed by atoms with Crippen molar-refractivity contribution in [3.63, 3.8) is 0 Å². The zero-order valence-corrected chi connectivity index (χ0v) is 5.19. The molecule has 1 N–H and O–H groups in total. The molecule has 0 fully saturated rings. The van der Waals surface area contributed by atoms with Crippen molar-refractivity contribution < 1.29 is 4.39 Å². The first-order chi connectivity index (χ1) is 4.34. The Labute approximate surface area is 60.9 Å². The maximum Gasteiger partial charge on any atom is 0.146 e. The van der Waals surface area contributed by atoms with Crippen molar-refractivity contribution in [2.45, 2.75) is 7.43 Å². The minimum absolute atomic E-state index is 0. The van der Waals surface area contributed by atoms with Gasteiger partial charge in [-0.15, -0.1) is 0 Å². The average molecular weight is 141 g/mol. The van der Waals surface area contributed by atoms with Crippen LogP contribution in [0.4, 0.5) is 10.1 Å². The topological polar surface area (TPSA) is 12.0 Å². The summed E-state index contributed by atoms with van der Waals surface area (Å²) in [5.41, 5.74) is 0.539. The number of benzene rings is 1. The molecule has 0 saturated heterocycles. The summed E-state index contributed by atoms with van der Waals surface area (Å²) in [5, 5.41) is 2.72. The second-order valence-electron chi connectivity index (χ2n) is 1.73. The predicted molar refractivity (Wildman–Crippen MR) is 42.7 cm³/mol. The van der Waals surface area contributed by atoms with Crippen LogP contribution in [0.25, 0.3) is 0 Å². The van der Waals surface area contributed by atoms with Crippen molar-refractivity contribution in [3.05, 3.63) is 30.1 Å². The van der Waals surface area contributed by atoms with Gasteiger partial charge in [-0.3, -0.25) is 0 Å². The fourth-order valence-corrected chi connectivity index (χ4v) is 0.664. The number of hydrogen-bond donors (Lipinski definition) is 1. The van der Waals surface area contributed by atoms with Crippen molar-refractivity contribution in [2.24, 2.45) is 0 Å². The van der Waals surface area contributed by atoms with E-state index in [1.165, 1.54) is 6.07 Å². The van der Waals surface area contributed by atoms with Crippen LogP contribution in [0.1, 0.15) is 7.43 Å². The molecule has 1 aromatic carbocycles. The molecule has 0 atom stereocenters. The summed E-state index contributed by atoms with van der Waals surface area (Å²) in [4.78, 5) is 0. The van der Waals surface area contributed by atoms with E-state index < -0.39 is 0 Å². The highest BCUT2D eigenvalue weighted by Gasteiger charge is 1.93. The van der Waals surface area contributed by atoms with Gasteiger partial charge in [-0.2, -0.15) is 0 Å². The SMILES string of the molecule is C.CNc1ccccc1F. The lowest BCUT2D eigenvalue weighted by Crippen LogP contribution is -1.90. The summed E-state index contributed by atoms with van der Waals surface area (Å²) in [6, 6.07) is 6.56. The van der Waals surface area contributed by atoms with E-state index in [2.05, 4.69) is 5.32 Å². The second kappa shape index (κ2) is 3.88. The average Bonchev–Trinajstić information content (AvgIpc) is 1.89. The summed E-state index contributed by atoms with van der Waals surface area (Å²) in [7, 11) is 1.69. The Hall–Kier alpha value is -1.05. The number of hydrogen-bond acceptors (Lipinski definition) is 1. The molecule has 0 amide bonds. The fraction of sp³-hybridized carbons (Fsp3) is 0.250. The third kappa shape index (κ3) is 1.72. The molecule has 0 saturated carbocycles. The molecule has 2 heteroatoms. The molecule has 0 aliphatic carbocycles. The van der Waals surface area contributed by atoms with Crippen LogP contribution in [0.5, 0.6) is 0 Å². The normalized spacial score (nSPS) is 8.20. The third-order valence-electron chi connectivity index (χ3n) is 1.14. The van der Waals surface area contributed by atoms with Gasteiger partial charge in [0.1, 0.15) is 5.82 Å². The fourth-order valence-electron chi connectivity index (χ4n) is 0.664. The van der Waals surface area contributed by atoms with Gasteiger partial charge in [-0.05, 0) is 12.1 Å².